The average molecular weight is 308 g/mol. The first-order valence-electron chi connectivity index (χ1n) is 7.09. The predicted octanol–water partition coefficient (Wildman–Crippen LogP) is 2.73. The van der Waals surface area contributed by atoms with E-state index in [1.54, 1.807) is 12.1 Å². The number of sulfonamides is 1. The second-order valence-corrected chi connectivity index (χ2v) is 6.58. The summed E-state index contributed by atoms with van der Waals surface area (Å²) in [6, 6.07) is 6.96. The van der Waals surface area contributed by atoms with Crippen molar-refractivity contribution in [2.24, 2.45) is 0 Å². The number of aryl methyl sites for hydroxylation is 1. The Hall–Kier alpha value is -1.89. The number of aromatic amines is 1. The first-order chi connectivity index (χ1) is 10.1. The highest BCUT2D eigenvalue weighted by molar-refractivity contribution is 7.92. The minimum absolute atomic E-state index is 0.110. The maximum atomic E-state index is 12.1. The number of anilines is 1. The molecule has 0 unspecified atom stereocenters. The minimum atomic E-state index is -3.61. The van der Waals surface area contributed by atoms with Crippen molar-refractivity contribution in [1.82, 2.24) is 15.2 Å². The van der Waals surface area contributed by atoms with Gasteiger partial charge in [-0.2, -0.15) is 10.1 Å². The standard InChI is InChI=1S/C14H20N4O2S/c1-2-3-4-5-6-12-7-9-13(10-8-12)21(19,20)18-14-15-11-16-17-14/h7-11H,2-6H2,1H3,(H2,15,16,17,18). The van der Waals surface area contributed by atoms with Gasteiger partial charge in [-0.3, -0.25) is 0 Å². The van der Waals surface area contributed by atoms with Crippen molar-refractivity contribution in [2.45, 2.75) is 43.9 Å². The molecule has 1 heterocycles. The van der Waals surface area contributed by atoms with E-state index in [0.29, 0.717) is 0 Å². The van der Waals surface area contributed by atoms with Gasteiger partial charge in [-0.25, -0.2) is 18.2 Å². The van der Waals surface area contributed by atoms with Gasteiger partial charge in [0.15, 0.2) is 0 Å². The lowest BCUT2D eigenvalue weighted by Gasteiger charge is -2.06. The monoisotopic (exact) mass is 308 g/mol. The number of nitrogens with one attached hydrogen (secondary N) is 2. The second kappa shape index (κ2) is 7.21. The van der Waals surface area contributed by atoms with Gasteiger partial charge in [0.25, 0.3) is 10.0 Å². The molecule has 0 radical (unpaired) electrons. The number of unbranched alkanes of at least 4 members (excludes halogenated alkanes) is 3. The molecule has 2 N–H and O–H groups in total. The van der Waals surface area contributed by atoms with Crippen molar-refractivity contribution >= 4 is 16.0 Å². The third kappa shape index (κ3) is 4.56. The van der Waals surface area contributed by atoms with E-state index in [1.165, 1.54) is 25.6 Å². The molecule has 0 fully saturated rings. The topological polar surface area (TPSA) is 87.7 Å². The molecule has 0 spiro atoms. The zero-order valence-corrected chi connectivity index (χ0v) is 12.9. The van der Waals surface area contributed by atoms with Crippen LogP contribution in [0, 0.1) is 0 Å². The Morgan fingerprint density at radius 1 is 1.14 bits per heavy atom. The molecule has 6 nitrogen and oxygen atoms in total. The lowest BCUT2D eigenvalue weighted by atomic mass is 10.1. The first kappa shape index (κ1) is 15.5. The zero-order valence-electron chi connectivity index (χ0n) is 12.0. The fraction of sp³-hybridized carbons (Fsp3) is 0.429. The van der Waals surface area contributed by atoms with Crippen molar-refractivity contribution < 1.29 is 8.42 Å². The number of H-pyrrole nitrogens is 1. The van der Waals surface area contributed by atoms with Crippen LogP contribution in [0.4, 0.5) is 5.95 Å². The van der Waals surface area contributed by atoms with E-state index in [0.717, 1.165) is 18.4 Å². The molecule has 1 aromatic heterocycles. The molecule has 7 heteroatoms. The molecule has 0 bridgehead atoms. The van der Waals surface area contributed by atoms with E-state index in [1.807, 2.05) is 12.1 Å². The average Bonchev–Trinajstić information content (AvgIpc) is 2.96. The molecule has 0 atom stereocenters. The minimum Gasteiger partial charge on any atom is -0.248 e. The van der Waals surface area contributed by atoms with Gasteiger partial charge in [0.05, 0.1) is 4.90 Å². The number of nitrogens with zero attached hydrogens (tertiary/aromatic N) is 2. The zero-order chi connectivity index (χ0) is 15.1. The summed E-state index contributed by atoms with van der Waals surface area (Å²) in [5, 5.41) is 6.06. The normalized spacial score (nSPS) is 11.5. The van der Waals surface area contributed by atoms with Crippen LogP contribution in [0.3, 0.4) is 0 Å². The summed E-state index contributed by atoms with van der Waals surface area (Å²) < 4.78 is 26.6. The summed E-state index contributed by atoms with van der Waals surface area (Å²) in [6.07, 6.45) is 7.03. The van der Waals surface area contributed by atoms with E-state index in [9.17, 15) is 8.42 Å². The molecule has 0 aliphatic heterocycles. The molecule has 2 rings (SSSR count). The molecule has 0 saturated heterocycles. The van der Waals surface area contributed by atoms with E-state index < -0.39 is 10.0 Å². The van der Waals surface area contributed by atoms with Gasteiger partial charge >= 0.3 is 0 Å². The van der Waals surface area contributed by atoms with Crippen LogP contribution in [0.1, 0.15) is 38.2 Å². The van der Waals surface area contributed by atoms with Gasteiger partial charge < -0.3 is 0 Å². The molecule has 114 valence electrons. The molecule has 21 heavy (non-hydrogen) atoms. The van der Waals surface area contributed by atoms with E-state index in [2.05, 4.69) is 26.8 Å². The second-order valence-electron chi connectivity index (χ2n) is 4.89. The van der Waals surface area contributed by atoms with Gasteiger partial charge in [0, 0.05) is 0 Å². The number of hydrogen-bond donors (Lipinski definition) is 2. The highest BCUT2D eigenvalue weighted by atomic mass is 32.2. The van der Waals surface area contributed by atoms with Crippen LogP contribution in [0.15, 0.2) is 35.5 Å². The lowest BCUT2D eigenvalue weighted by molar-refractivity contribution is 0.600. The molecule has 0 aliphatic carbocycles. The Morgan fingerprint density at radius 2 is 1.90 bits per heavy atom. The SMILES string of the molecule is CCCCCCc1ccc(S(=O)(=O)Nc2ncn[nH]2)cc1. The fourth-order valence-corrected chi connectivity index (χ4v) is 3.00. The van der Waals surface area contributed by atoms with Crippen molar-refractivity contribution in [2.75, 3.05) is 4.72 Å². The highest BCUT2D eigenvalue weighted by Crippen LogP contribution is 2.15. The van der Waals surface area contributed by atoms with E-state index in [-0.39, 0.29) is 10.8 Å². The number of aromatic nitrogens is 3. The van der Waals surface area contributed by atoms with E-state index in [4.69, 9.17) is 0 Å². The van der Waals surface area contributed by atoms with Crippen LogP contribution in [0.2, 0.25) is 0 Å². The predicted molar refractivity (Wildman–Crippen MR) is 81.5 cm³/mol. The van der Waals surface area contributed by atoms with Crippen LogP contribution >= 0.6 is 0 Å². The summed E-state index contributed by atoms with van der Waals surface area (Å²) in [7, 11) is -3.61. The Bertz CT molecular complexity index is 636. The molecule has 1 aromatic carbocycles. The molecule has 0 amide bonds. The fourth-order valence-electron chi connectivity index (χ4n) is 2.03. The third-order valence-corrected chi connectivity index (χ3v) is 4.55. The Kier molecular flexibility index (Phi) is 5.32. The van der Waals surface area contributed by atoms with Gasteiger partial charge in [-0.05, 0) is 30.5 Å². The van der Waals surface area contributed by atoms with Crippen LogP contribution < -0.4 is 4.72 Å². The molecule has 0 aliphatic rings. The quantitative estimate of drug-likeness (QED) is 0.734. The summed E-state index contributed by atoms with van der Waals surface area (Å²) in [5.74, 6) is 0.110. The highest BCUT2D eigenvalue weighted by Gasteiger charge is 2.15. The summed E-state index contributed by atoms with van der Waals surface area (Å²) in [6.45, 7) is 2.18. The van der Waals surface area contributed by atoms with Gasteiger partial charge in [0.1, 0.15) is 6.33 Å². The first-order valence-corrected chi connectivity index (χ1v) is 8.57. The van der Waals surface area contributed by atoms with Crippen LogP contribution in [0.25, 0.3) is 0 Å². The van der Waals surface area contributed by atoms with Crippen LogP contribution in [0.5, 0.6) is 0 Å². The number of benzene rings is 1. The lowest BCUT2D eigenvalue weighted by Crippen LogP contribution is -2.14. The Labute approximate surface area is 125 Å². The van der Waals surface area contributed by atoms with Crippen LogP contribution in [-0.2, 0) is 16.4 Å². The molecular formula is C14H20N4O2S. The summed E-state index contributed by atoms with van der Waals surface area (Å²) in [4.78, 5) is 3.96. The smallest absolute Gasteiger partial charge is 0.248 e. The number of hydrogen-bond acceptors (Lipinski definition) is 4. The van der Waals surface area contributed by atoms with Crippen molar-refractivity contribution in [1.29, 1.82) is 0 Å². The van der Waals surface area contributed by atoms with Crippen molar-refractivity contribution in [3.05, 3.63) is 36.2 Å². The van der Waals surface area contributed by atoms with Crippen molar-refractivity contribution in [3.63, 3.8) is 0 Å². The van der Waals surface area contributed by atoms with Crippen LogP contribution in [-0.4, -0.2) is 23.6 Å². The molecule has 0 saturated carbocycles. The third-order valence-electron chi connectivity index (χ3n) is 3.20. The molecule has 2 aromatic rings. The van der Waals surface area contributed by atoms with Crippen molar-refractivity contribution in [3.8, 4) is 0 Å². The largest absolute Gasteiger partial charge is 0.264 e. The van der Waals surface area contributed by atoms with E-state index >= 15 is 0 Å². The van der Waals surface area contributed by atoms with Gasteiger partial charge in [-0.1, -0.05) is 38.3 Å². The Balaban J connectivity index is 1.97. The Morgan fingerprint density at radius 3 is 2.52 bits per heavy atom. The van der Waals surface area contributed by atoms with Gasteiger partial charge in [0.2, 0.25) is 5.95 Å². The number of rotatable bonds is 8. The summed E-state index contributed by atoms with van der Waals surface area (Å²) in [5.41, 5.74) is 1.16. The maximum Gasteiger partial charge on any atom is 0.264 e. The maximum absolute atomic E-state index is 12.1. The van der Waals surface area contributed by atoms with Gasteiger partial charge in [-0.15, -0.1) is 0 Å². The molecular weight excluding hydrogens is 288 g/mol. The summed E-state index contributed by atoms with van der Waals surface area (Å²) >= 11 is 0.